The molecule has 0 fully saturated rings. The van der Waals surface area contributed by atoms with Gasteiger partial charge in [-0.1, -0.05) is 127 Å². The van der Waals surface area contributed by atoms with Gasteiger partial charge in [0, 0.05) is 40.3 Å². The fourth-order valence-corrected chi connectivity index (χ4v) is 15.2. The van der Waals surface area contributed by atoms with Crippen molar-refractivity contribution < 1.29 is 4.74 Å². The third kappa shape index (κ3) is 4.91. The Labute approximate surface area is 329 Å². The van der Waals surface area contributed by atoms with E-state index in [1.165, 1.54) is 46.6 Å². The minimum atomic E-state index is -2.94. The lowest BCUT2D eigenvalue weighted by molar-refractivity contribution is 0.483. The summed E-state index contributed by atoms with van der Waals surface area (Å²) in [6.07, 6.45) is 1.89. The lowest BCUT2D eigenvalue weighted by atomic mass is 10.1. The highest BCUT2D eigenvalue weighted by molar-refractivity contribution is 7.27. The highest BCUT2D eigenvalue weighted by Crippen LogP contribution is 2.47. The van der Waals surface area contributed by atoms with Crippen LogP contribution in [0.3, 0.4) is 0 Å². The summed E-state index contributed by atoms with van der Waals surface area (Å²) in [6, 6.07) is 65.2. The number of hydrogen-bond acceptors (Lipinski definition) is 5. The maximum absolute atomic E-state index is 6.84. The number of benzene rings is 7. The largest absolute Gasteiger partial charge is 0.457 e. The Morgan fingerprint density at radius 1 is 0.589 bits per heavy atom. The van der Waals surface area contributed by atoms with Crippen molar-refractivity contribution in [2.45, 2.75) is 0 Å². The average Bonchev–Trinajstić information content (AvgIpc) is 3.81. The Morgan fingerprint density at radius 3 is 2.09 bits per heavy atom. The van der Waals surface area contributed by atoms with Gasteiger partial charge in [-0.3, -0.25) is 4.90 Å². The summed E-state index contributed by atoms with van der Waals surface area (Å²) in [5.41, 5.74) is 5.32. The molecule has 0 spiro atoms. The van der Waals surface area contributed by atoms with Gasteiger partial charge in [-0.25, -0.2) is 9.97 Å². The predicted octanol–water partition coefficient (Wildman–Crippen LogP) is 9.96. The van der Waals surface area contributed by atoms with Gasteiger partial charge < -0.3 is 9.30 Å². The van der Waals surface area contributed by atoms with E-state index in [9.17, 15) is 0 Å². The molecule has 0 amide bonds. The molecule has 266 valence electrons. The first-order valence-corrected chi connectivity index (χ1v) is 21.6. The van der Waals surface area contributed by atoms with Crippen LogP contribution in [-0.4, -0.2) is 22.6 Å². The van der Waals surface area contributed by atoms with Crippen molar-refractivity contribution in [2.24, 2.45) is 7.05 Å². The highest BCUT2D eigenvalue weighted by atomic mass is 32.1. The number of fused-ring (bicyclic) bond motifs is 7. The van der Waals surface area contributed by atoms with Crippen LogP contribution in [0.4, 0.5) is 17.2 Å². The van der Waals surface area contributed by atoms with Crippen LogP contribution in [0.5, 0.6) is 11.5 Å². The Bertz CT molecular complexity index is 3050. The molecule has 0 saturated carbocycles. The molecule has 0 N–H and O–H groups in total. The van der Waals surface area contributed by atoms with Crippen molar-refractivity contribution in [2.75, 3.05) is 4.90 Å². The van der Waals surface area contributed by atoms with E-state index in [0.717, 1.165) is 45.4 Å². The van der Waals surface area contributed by atoms with E-state index in [2.05, 4.69) is 174 Å². The van der Waals surface area contributed by atoms with Gasteiger partial charge in [-0.05, 0) is 69.3 Å². The van der Waals surface area contributed by atoms with Crippen molar-refractivity contribution in [1.82, 2.24) is 14.5 Å². The van der Waals surface area contributed by atoms with E-state index in [1.54, 1.807) is 0 Å². The van der Waals surface area contributed by atoms with Crippen molar-refractivity contribution >= 4 is 88.6 Å². The molecule has 0 radical (unpaired) electrons. The number of nitrogens with zero attached hydrogens (tertiary/aromatic N) is 4. The Balaban J connectivity index is 1.17. The van der Waals surface area contributed by atoms with Gasteiger partial charge in [0.2, 0.25) is 0 Å². The third-order valence-electron chi connectivity index (χ3n) is 11.2. The Kier molecular flexibility index (Phi) is 7.52. The molecule has 7 heteroatoms. The van der Waals surface area contributed by atoms with Crippen LogP contribution in [-0.2, 0) is 7.05 Å². The standard InChI is InChI=1S/C49H34N4OSSi/c1-52-41-23-10-9-22-40(41)51-49(52)33-15-14-16-34(31-33)54-35-26-28-44-42(32-35)53(46-25-12-13-30-50-46)47-45(29-27-39-38-21-8-11-24-43(38)55-48(39)47)56(44,36-17-4-2-5-18-36)37-19-6-3-7-20-37/h2-32H,1H3. The minimum Gasteiger partial charge on any atom is -0.457 e. The predicted molar refractivity (Wildman–Crippen MR) is 235 cm³/mol. The monoisotopic (exact) mass is 754 g/mol. The van der Waals surface area contributed by atoms with Crippen LogP contribution in [0.25, 0.3) is 42.6 Å². The van der Waals surface area contributed by atoms with Gasteiger partial charge in [-0.2, -0.15) is 0 Å². The Hall–Kier alpha value is -6.80. The van der Waals surface area contributed by atoms with Gasteiger partial charge in [0.1, 0.15) is 23.1 Å². The first-order valence-electron chi connectivity index (χ1n) is 18.8. The SMILES string of the molecule is Cn1c(-c2cccc(Oc3ccc4c(c3)N(c3ccccn3)c3c(ccc5c3sc3ccccc35)[Si]4(c3ccccc3)c3ccccc3)c2)nc2ccccc21. The summed E-state index contributed by atoms with van der Waals surface area (Å²) in [6.45, 7) is 0. The second kappa shape index (κ2) is 12.9. The van der Waals surface area contributed by atoms with Crippen molar-refractivity contribution in [3.63, 3.8) is 0 Å². The zero-order chi connectivity index (χ0) is 37.2. The molecule has 4 heterocycles. The van der Waals surface area contributed by atoms with Crippen LogP contribution in [0.15, 0.2) is 188 Å². The number of thiophene rings is 1. The minimum absolute atomic E-state index is 0.747. The topological polar surface area (TPSA) is 43.2 Å². The molecule has 0 aliphatic carbocycles. The molecule has 1 aliphatic rings. The number of imidazole rings is 1. The number of hydrogen-bond donors (Lipinski definition) is 0. The van der Waals surface area contributed by atoms with E-state index < -0.39 is 8.07 Å². The smallest absolute Gasteiger partial charge is 0.184 e. The van der Waals surface area contributed by atoms with Gasteiger partial charge in [0.25, 0.3) is 0 Å². The number of para-hydroxylation sites is 2. The van der Waals surface area contributed by atoms with E-state index in [4.69, 9.17) is 14.7 Å². The summed E-state index contributed by atoms with van der Waals surface area (Å²) >= 11 is 1.86. The van der Waals surface area contributed by atoms with Gasteiger partial charge in [0.15, 0.2) is 8.07 Å². The molecule has 10 aromatic rings. The van der Waals surface area contributed by atoms with Crippen molar-refractivity contribution in [3.05, 3.63) is 188 Å². The maximum Gasteiger partial charge on any atom is 0.184 e. The number of pyridine rings is 1. The molecule has 0 saturated heterocycles. The first-order chi connectivity index (χ1) is 27.7. The normalized spacial score (nSPS) is 13.2. The molecule has 7 aromatic carbocycles. The molecule has 56 heavy (non-hydrogen) atoms. The quantitative estimate of drug-likeness (QED) is 0.159. The van der Waals surface area contributed by atoms with Crippen molar-refractivity contribution in [1.29, 1.82) is 0 Å². The first kappa shape index (κ1) is 32.6. The fourth-order valence-electron chi connectivity index (χ4n) is 8.77. The number of ether oxygens (including phenoxy) is 1. The number of aryl methyl sites for hydroxylation is 1. The maximum atomic E-state index is 6.84. The van der Waals surface area contributed by atoms with Crippen LogP contribution in [0.2, 0.25) is 0 Å². The highest BCUT2D eigenvalue weighted by Gasteiger charge is 2.50. The van der Waals surface area contributed by atoms with E-state index >= 15 is 0 Å². The average molecular weight is 755 g/mol. The fraction of sp³-hybridized carbons (Fsp3) is 0.0204. The number of rotatable bonds is 6. The molecule has 0 atom stereocenters. The second-order valence-corrected chi connectivity index (χ2v) is 19.0. The lowest BCUT2D eigenvalue weighted by Gasteiger charge is -2.45. The molecule has 0 bridgehead atoms. The van der Waals surface area contributed by atoms with Gasteiger partial charge >= 0.3 is 0 Å². The van der Waals surface area contributed by atoms with E-state index in [0.29, 0.717) is 0 Å². The second-order valence-electron chi connectivity index (χ2n) is 14.2. The summed E-state index contributed by atoms with van der Waals surface area (Å²) in [7, 11) is -0.873. The molecule has 1 aliphatic heterocycles. The zero-order valence-electron chi connectivity index (χ0n) is 30.5. The van der Waals surface area contributed by atoms with Gasteiger partial charge in [-0.15, -0.1) is 11.3 Å². The molecule has 3 aromatic heterocycles. The summed E-state index contributed by atoms with van der Waals surface area (Å²) < 4.78 is 11.5. The number of anilines is 3. The molecule has 5 nitrogen and oxygen atoms in total. The Morgan fingerprint density at radius 2 is 1.30 bits per heavy atom. The van der Waals surface area contributed by atoms with Crippen LogP contribution in [0.1, 0.15) is 0 Å². The van der Waals surface area contributed by atoms with Crippen molar-refractivity contribution in [3.8, 4) is 22.9 Å². The van der Waals surface area contributed by atoms with Crippen LogP contribution < -0.4 is 30.4 Å². The summed E-state index contributed by atoms with van der Waals surface area (Å²) in [4.78, 5) is 12.4. The molecule has 11 rings (SSSR count). The summed E-state index contributed by atoms with van der Waals surface area (Å²) in [5.74, 6) is 3.26. The van der Waals surface area contributed by atoms with Crippen LogP contribution in [0, 0.1) is 0 Å². The molecule has 0 unspecified atom stereocenters. The number of aromatic nitrogens is 3. The zero-order valence-corrected chi connectivity index (χ0v) is 32.3. The lowest BCUT2D eigenvalue weighted by Crippen LogP contribution is -2.77. The van der Waals surface area contributed by atoms with Crippen LogP contribution >= 0.6 is 11.3 Å². The molecular formula is C49H34N4OSSi. The molecular weight excluding hydrogens is 721 g/mol. The van der Waals surface area contributed by atoms with E-state index in [1.807, 2.05) is 41.8 Å². The third-order valence-corrected chi connectivity index (χ3v) is 17.2. The van der Waals surface area contributed by atoms with E-state index in [-0.39, 0.29) is 0 Å². The summed E-state index contributed by atoms with van der Waals surface area (Å²) in [5, 5.41) is 7.82. The van der Waals surface area contributed by atoms with Gasteiger partial charge in [0.05, 0.1) is 27.1 Å².